The number of fused-ring (bicyclic) bond motifs is 3. The minimum Gasteiger partial charge on any atom is -0.296 e. The molecule has 0 saturated heterocycles. The van der Waals surface area contributed by atoms with Gasteiger partial charge in [-0.2, -0.15) is 13.2 Å². The van der Waals surface area contributed by atoms with Crippen molar-refractivity contribution in [3.63, 3.8) is 0 Å². The number of halogens is 3. The Bertz CT molecular complexity index is 1110. The Balaban J connectivity index is 2.08. The first-order valence-corrected chi connectivity index (χ1v) is 8.97. The van der Waals surface area contributed by atoms with Crippen molar-refractivity contribution in [2.24, 2.45) is 7.05 Å². The van der Waals surface area contributed by atoms with E-state index in [0.717, 1.165) is 59.9 Å². The van der Waals surface area contributed by atoms with Crippen LogP contribution >= 0.6 is 0 Å². The Morgan fingerprint density at radius 1 is 1.07 bits per heavy atom. The zero-order valence-electron chi connectivity index (χ0n) is 15.2. The summed E-state index contributed by atoms with van der Waals surface area (Å²) in [6, 6.07) is 6.89. The summed E-state index contributed by atoms with van der Waals surface area (Å²) < 4.78 is 41.0. The van der Waals surface area contributed by atoms with Gasteiger partial charge in [-0.3, -0.25) is 9.36 Å². The van der Waals surface area contributed by atoms with Crippen LogP contribution in [0.4, 0.5) is 13.2 Å². The van der Waals surface area contributed by atoms with Gasteiger partial charge in [0, 0.05) is 24.1 Å². The van der Waals surface area contributed by atoms with Crippen molar-refractivity contribution < 1.29 is 13.2 Å². The van der Waals surface area contributed by atoms with Crippen LogP contribution in [0.25, 0.3) is 22.3 Å². The summed E-state index contributed by atoms with van der Waals surface area (Å²) in [7, 11) is 1.66. The molecule has 27 heavy (non-hydrogen) atoms. The van der Waals surface area contributed by atoms with Crippen LogP contribution in [0.3, 0.4) is 0 Å². The second-order valence-corrected chi connectivity index (χ2v) is 7.13. The van der Waals surface area contributed by atoms with E-state index >= 15 is 0 Å². The van der Waals surface area contributed by atoms with Gasteiger partial charge in [0.15, 0.2) is 0 Å². The smallest absolute Gasteiger partial charge is 0.296 e. The molecule has 0 bridgehead atoms. The highest BCUT2D eigenvalue weighted by molar-refractivity contribution is 5.88. The van der Waals surface area contributed by atoms with Crippen LogP contribution in [0.2, 0.25) is 0 Å². The molecule has 0 amide bonds. The molecule has 1 aromatic carbocycles. The van der Waals surface area contributed by atoms with E-state index in [2.05, 4.69) is 0 Å². The fraction of sp³-hybridized carbons (Fsp3) is 0.333. The topological polar surface area (TPSA) is 34.9 Å². The van der Waals surface area contributed by atoms with Gasteiger partial charge in [-0.25, -0.2) is 4.98 Å². The molecule has 0 saturated carbocycles. The number of aryl methyl sites for hydroxylation is 3. The standard InChI is InChI=1S/C21H19F3N2O/c1-12-10-17(27)26(2)20-18(12)15-8-3-4-9-16(15)19(25-20)13-6-5-7-14(11-13)21(22,23)24/h5-7,10-11H,3-4,8-9H2,1-2H3. The first kappa shape index (κ1) is 17.8. The third kappa shape index (κ3) is 2.93. The molecule has 1 aliphatic rings. The fourth-order valence-electron chi connectivity index (χ4n) is 4.00. The van der Waals surface area contributed by atoms with Crippen LogP contribution in [-0.4, -0.2) is 9.55 Å². The Morgan fingerprint density at radius 3 is 2.48 bits per heavy atom. The number of alkyl halides is 3. The SMILES string of the molecule is Cc1cc(=O)n(C)c2nc(-c3cccc(C(F)(F)F)c3)c3c(c12)CCCC3. The molecule has 2 aromatic heterocycles. The van der Waals surface area contributed by atoms with E-state index in [1.807, 2.05) is 6.92 Å². The lowest BCUT2D eigenvalue weighted by atomic mass is 9.85. The van der Waals surface area contributed by atoms with E-state index in [-0.39, 0.29) is 5.56 Å². The molecular weight excluding hydrogens is 353 g/mol. The summed E-state index contributed by atoms with van der Waals surface area (Å²) in [6.45, 7) is 1.89. The Kier molecular flexibility index (Phi) is 4.09. The number of benzene rings is 1. The van der Waals surface area contributed by atoms with Crippen molar-refractivity contribution in [1.82, 2.24) is 9.55 Å². The van der Waals surface area contributed by atoms with E-state index in [9.17, 15) is 18.0 Å². The van der Waals surface area contributed by atoms with Gasteiger partial charge in [-0.05, 0) is 61.4 Å². The summed E-state index contributed by atoms with van der Waals surface area (Å²) in [5.74, 6) is 0. The molecule has 0 radical (unpaired) electrons. The van der Waals surface area contributed by atoms with Gasteiger partial charge in [0.05, 0.1) is 11.3 Å². The summed E-state index contributed by atoms with van der Waals surface area (Å²) in [6.07, 6.45) is -0.769. The van der Waals surface area contributed by atoms with Crippen molar-refractivity contribution in [1.29, 1.82) is 0 Å². The summed E-state index contributed by atoms with van der Waals surface area (Å²) >= 11 is 0. The number of hydrogen-bond donors (Lipinski definition) is 0. The van der Waals surface area contributed by atoms with Gasteiger partial charge in [-0.15, -0.1) is 0 Å². The normalized spacial score (nSPS) is 14.4. The Morgan fingerprint density at radius 2 is 1.78 bits per heavy atom. The molecule has 0 atom stereocenters. The van der Waals surface area contributed by atoms with E-state index in [4.69, 9.17) is 4.98 Å². The van der Waals surface area contributed by atoms with E-state index < -0.39 is 11.7 Å². The molecule has 6 heteroatoms. The summed E-state index contributed by atoms with van der Waals surface area (Å²) in [5, 5.41) is 0.961. The molecule has 4 rings (SSSR count). The van der Waals surface area contributed by atoms with Crippen molar-refractivity contribution in [3.05, 3.63) is 62.9 Å². The first-order valence-electron chi connectivity index (χ1n) is 8.97. The summed E-state index contributed by atoms with van der Waals surface area (Å²) in [4.78, 5) is 16.9. The average molecular weight is 372 g/mol. The van der Waals surface area contributed by atoms with E-state index in [0.29, 0.717) is 16.9 Å². The number of rotatable bonds is 1. The van der Waals surface area contributed by atoms with Crippen molar-refractivity contribution in [2.75, 3.05) is 0 Å². The van der Waals surface area contributed by atoms with E-state index in [1.165, 1.54) is 10.6 Å². The second kappa shape index (κ2) is 6.22. The maximum absolute atomic E-state index is 13.2. The molecule has 0 N–H and O–H groups in total. The van der Waals surface area contributed by atoms with Crippen LogP contribution in [-0.2, 0) is 26.1 Å². The molecule has 140 valence electrons. The molecule has 0 fully saturated rings. The number of hydrogen-bond acceptors (Lipinski definition) is 2. The van der Waals surface area contributed by atoms with Crippen molar-refractivity contribution in [3.8, 4) is 11.3 Å². The lowest BCUT2D eigenvalue weighted by Gasteiger charge is -2.23. The maximum atomic E-state index is 13.2. The predicted octanol–water partition coefficient (Wildman–Crippen LogP) is 4.81. The highest BCUT2D eigenvalue weighted by Crippen LogP contribution is 2.37. The van der Waals surface area contributed by atoms with E-state index in [1.54, 1.807) is 19.2 Å². The summed E-state index contributed by atoms with van der Waals surface area (Å²) in [5.41, 5.74) is 3.68. The largest absolute Gasteiger partial charge is 0.416 e. The van der Waals surface area contributed by atoms with Gasteiger partial charge in [0.1, 0.15) is 5.65 Å². The molecule has 3 nitrogen and oxygen atoms in total. The fourth-order valence-corrected chi connectivity index (χ4v) is 4.00. The highest BCUT2D eigenvalue weighted by Gasteiger charge is 2.31. The Hall–Kier alpha value is -2.63. The van der Waals surface area contributed by atoms with Gasteiger partial charge in [-0.1, -0.05) is 12.1 Å². The molecule has 0 unspecified atom stereocenters. The highest BCUT2D eigenvalue weighted by atomic mass is 19.4. The number of aromatic nitrogens is 2. The third-order valence-electron chi connectivity index (χ3n) is 5.34. The van der Waals surface area contributed by atoms with Crippen LogP contribution in [0.1, 0.15) is 35.1 Å². The van der Waals surface area contributed by atoms with Crippen molar-refractivity contribution >= 4 is 11.0 Å². The zero-order valence-corrected chi connectivity index (χ0v) is 15.2. The first-order chi connectivity index (χ1) is 12.8. The van der Waals surface area contributed by atoms with Crippen LogP contribution < -0.4 is 5.56 Å². The predicted molar refractivity (Wildman–Crippen MR) is 98.8 cm³/mol. The molecule has 3 aromatic rings. The van der Waals surface area contributed by atoms with Crippen LogP contribution in [0, 0.1) is 6.92 Å². The minimum atomic E-state index is -4.41. The van der Waals surface area contributed by atoms with Gasteiger partial charge < -0.3 is 0 Å². The third-order valence-corrected chi connectivity index (χ3v) is 5.34. The molecule has 0 aliphatic heterocycles. The quantitative estimate of drug-likeness (QED) is 0.615. The zero-order chi connectivity index (χ0) is 19.3. The lowest BCUT2D eigenvalue weighted by molar-refractivity contribution is -0.137. The van der Waals surface area contributed by atoms with Crippen molar-refractivity contribution in [2.45, 2.75) is 38.8 Å². The van der Waals surface area contributed by atoms with Crippen LogP contribution in [0.5, 0.6) is 0 Å². The lowest BCUT2D eigenvalue weighted by Crippen LogP contribution is -2.20. The van der Waals surface area contributed by atoms with Gasteiger partial charge in [0.25, 0.3) is 5.56 Å². The van der Waals surface area contributed by atoms with Crippen LogP contribution in [0.15, 0.2) is 35.1 Å². The number of pyridine rings is 2. The van der Waals surface area contributed by atoms with Gasteiger partial charge >= 0.3 is 6.18 Å². The molecule has 0 spiro atoms. The minimum absolute atomic E-state index is 0.168. The molecule has 1 aliphatic carbocycles. The Labute approximate surface area is 154 Å². The molecule has 2 heterocycles. The van der Waals surface area contributed by atoms with Gasteiger partial charge in [0.2, 0.25) is 0 Å². The average Bonchev–Trinajstić information content (AvgIpc) is 2.64. The number of nitrogens with zero attached hydrogens (tertiary/aromatic N) is 2. The monoisotopic (exact) mass is 372 g/mol. The molecular formula is C21H19F3N2O. The maximum Gasteiger partial charge on any atom is 0.416 e. The second-order valence-electron chi connectivity index (χ2n) is 7.13.